The van der Waals surface area contributed by atoms with Crippen molar-refractivity contribution >= 4 is 23.4 Å². The minimum absolute atomic E-state index is 0.0333. The molecule has 4 rings (SSSR count). The third kappa shape index (κ3) is 6.53. The number of rotatable bonds is 6. The monoisotopic (exact) mass is 507 g/mol. The number of methoxy groups -OCH3 is 1. The number of carbonyl (C=O) groups excluding carboxylic acids is 1. The van der Waals surface area contributed by atoms with Gasteiger partial charge in [0.2, 0.25) is 0 Å². The minimum atomic E-state index is -0.273. The summed E-state index contributed by atoms with van der Waals surface area (Å²) < 4.78 is 5.56. The lowest BCUT2D eigenvalue weighted by Gasteiger charge is -2.37. The SMILES string of the molecule is COCc1nc(-c2ccccc2)nc(N2CCN(C(=O)NC(C)(C)C)CC2)c1Cc1cccc(Cl)c1. The molecule has 2 aromatic carbocycles. The number of carbonyl (C=O) groups is 1. The molecule has 1 saturated heterocycles. The first kappa shape index (κ1) is 25.9. The summed E-state index contributed by atoms with van der Waals surface area (Å²) in [4.78, 5) is 26.8. The van der Waals surface area contributed by atoms with Gasteiger partial charge in [-0.3, -0.25) is 0 Å². The third-order valence-corrected chi connectivity index (χ3v) is 6.24. The van der Waals surface area contributed by atoms with Gasteiger partial charge in [0.25, 0.3) is 0 Å². The molecule has 7 nitrogen and oxygen atoms in total. The standard InChI is InChI=1S/C28H34ClN5O2/c1-28(2,3)32-27(35)34-15-13-33(14-16-34)26-23(18-20-9-8-12-22(29)17-20)24(19-36-4)30-25(31-26)21-10-6-5-7-11-21/h5-12,17H,13-16,18-19H2,1-4H3,(H,32,35). The molecule has 1 aliphatic heterocycles. The molecular formula is C28H34ClN5O2. The lowest BCUT2D eigenvalue weighted by molar-refractivity contribution is 0.180. The van der Waals surface area contributed by atoms with Crippen molar-refractivity contribution in [3.05, 3.63) is 76.4 Å². The Morgan fingerprint density at radius 1 is 1.03 bits per heavy atom. The Kier molecular flexibility index (Phi) is 8.11. The first-order chi connectivity index (χ1) is 17.2. The molecule has 1 aromatic heterocycles. The highest BCUT2D eigenvalue weighted by Crippen LogP contribution is 2.29. The molecule has 0 spiro atoms. The molecule has 0 radical (unpaired) electrons. The van der Waals surface area contributed by atoms with E-state index in [0.29, 0.717) is 50.1 Å². The van der Waals surface area contributed by atoms with Crippen molar-refractivity contribution in [2.75, 3.05) is 38.2 Å². The van der Waals surface area contributed by atoms with Crippen LogP contribution >= 0.6 is 11.6 Å². The smallest absolute Gasteiger partial charge is 0.317 e. The first-order valence-electron chi connectivity index (χ1n) is 12.2. The fraction of sp³-hybridized carbons (Fsp3) is 0.393. The van der Waals surface area contributed by atoms with E-state index in [-0.39, 0.29) is 11.6 Å². The van der Waals surface area contributed by atoms with Crippen molar-refractivity contribution in [1.82, 2.24) is 20.2 Å². The highest BCUT2D eigenvalue weighted by molar-refractivity contribution is 6.30. The van der Waals surface area contributed by atoms with Crippen LogP contribution in [0.2, 0.25) is 5.02 Å². The van der Waals surface area contributed by atoms with Gasteiger partial charge < -0.3 is 19.9 Å². The zero-order chi connectivity index (χ0) is 25.7. The van der Waals surface area contributed by atoms with Crippen LogP contribution in [-0.2, 0) is 17.8 Å². The maximum absolute atomic E-state index is 12.7. The first-order valence-corrected chi connectivity index (χ1v) is 12.6. The van der Waals surface area contributed by atoms with Gasteiger partial charge in [-0.2, -0.15) is 0 Å². The van der Waals surface area contributed by atoms with E-state index < -0.39 is 0 Å². The molecule has 0 atom stereocenters. The fourth-order valence-corrected chi connectivity index (χ4v) is 4.52. The minimum Gasteiger partial charge on any atom is -0.378 e. The molecule has 0 saturated carbocycles. The van der Waals surface area contributed by atoms with Crippen LogP contribution < -0.4 is 10.2 Å². The van der Waals surface area contributed by atoms with Crippen LogP contribution in [0.15, 0.2) is 54.6 Å². The molecule has 8 heteroatoms. The van der Waals surface area contributed by atoms with Gasteiger partial charge in [0, 0.05) is 61.4 Å². The molecule has 1 fully saturated rings. The molecule has 1 aliphatic rings. The van der Waals surface area contributed by atoms with Crippen molar-refractivity contribution in [1.29, 1.82) is 0 Å². The van der Waals surface area contributed by atoms with Crippen molar-refractivity contribution in [2.45, 2.75) is 39.3 Å². The van der Waals surface area contributed by atoms with E-state index in [1.807, 2.05) is 74.2 Å². The molecular weight excluding hydrogens is 474 g/mol. The molecule has 0 unspecified atom stereocenters. The zero-order valence-electron chi connectivity index (χ0n) is 21.4. The van der Waals surface area contributed by atoms with E-state index in [0.717, 1.165) is 28.2 Å². The second kappa shape index (κ2) is 11.3. The maximum Gasteiger partial charge on any atom is 0.317 e. The summed E-state index contributed by atoms with van der Waals surface area (Å²) in [5.41, 5.74) is 3.64. The van der Waals surface area contributed by atoms with Gasteiger partial charge in [-0.25, -0.2) is 14.8 Å². The van der Waals surface area contributed by atoms with E-state index in [1.54, 1.807) is 7.11 Å². The summed E-state index contributed by atoms with van der Waals surface area (Å²) in [6.45, 7) is 8.94. The van der Waals surface area contributed by atoms with Crippen molar-refractivity contribution in [3.63, 3.8) is 0 Å². The fourth-order valence-electron chi connectivity index (χ4n) is 4.30. The number of hydrogen-bond donors (Lipinski definition) is 1. The van der Waals surface area contributed by atoms with Crippen molar-refractivity contribution in [3.8, 4) is 11.4 Å². The Bertz CT molecular complexity index is 1190. The third-order valence-electron chi connectivity index (χ3n) is 6.00. The van der Waals surface area contributed by atoms with Gasteiger partial charge in [0.1, 0.15) is 5.82 Å². The predicted octanol–water partition coefficient (Wildman–Crippen LogP) is 5.16. The molecule has 3 aromatic rings. The Morgan fingerprint density at radius 2 is 1.75 bits per heavy atom. The molecule has 2 amide bonds. The zero-order valence-corrected chi connectivity index (χ0v) is 22.2. The van der Waals surface area contributed by atoms with Gasteiger partial charge in [0.15, 0.2) is 5.82 Å². The molecule has 190 valence electrons. The van der Waals surface area contributed by atoms with Gasteiger partial charge in [0.05, 0.1) is 12.3 Å². The van der Waals surface area contributed by atoms with Gasteiger partial charge >= 0.3 is 6.03 Å². The number of anilines is 1. The second-order valence-corrected chi connectivity index (χ2v) is 10.5. The summed E-state index contributed by atoms with van der Waals surface area (Å²) in [6, 6.07) is 17.8. The molecule has 36 heavy (non-hydrogen) atoms. The van der Waals surface area contributed by atoms with Crippen LogP contribution in [0.4, 0.5) is 10.6 Å². The summed E-state index contributed by atoms with van der Waals surface area (Å²) in [5.74, 6) is 1.55. The van der Waals surface area contributed by atoms with E-state index >= 15 is 0 Å². The Morgan fingerprint density at radius 3 is 2.39 bits per heavy atom. The lowest BCUT2D eigenvalue weighted by atomic mass is 10.0. The maximum atomic E-state index is 12.7. The summed E-state index contributed by atoms with van der Waals surface area (Å²) in [6.07, 6.45) is 0.633. The molecule has 1 N–H and O–H groups in total. The molecule has 2 heterocycles. The van der Waals surface area contributed by atoms with Crippen molar-refractivity contribution < 1.29 is 9.53 Å². The van der Waals surface area contributed by atoms with Crippen LogP contribution in [-0.4, -0.2) is 59.7 Å². The van der Waals surface area contributed by atoms with Gasteiger partial charge in [-0.1, -0.05) is 54.1 Å². The highest BCUT2D eigenvalue weighted by Gasteiger charge is 2.27. The average molecular weight is 508 g/mol. The Balaban J connectivity index is 1.70. The quantitative estimate of drug-likeness (QED) is 0.498. The number of ether oxygens (including phenoxy) is 1. The van der Waals surface area contributed by atoms with E-state index in [4.69, 9.17) is 26.3 Å². The van der Waals surface area contributed by atoms with E-state index in [9.17, 15) is 4.79 Å². The lowest BCUT2D eigenvalue weighted by Crippen LogP contribution is -2.55. The number of aromatic nitrogens is 2. The number of nitrogens with zero attached hydrogens (tertiary/aromatic N) is 4. The number of urea groups is 1. The number of piperazine rings is 1. The number of amides is 2. The normalized spacial score (nSPS) is 14.1. The Labute approximate surface area is 218 Å². The molecule has 0 aliphatic carbocycles. The largest absolute Gasteiger partial charge is 0.378 e. The topological polar surface area (TPSA) is 70.6 Å². The summed E-state index contributed by atoms with van der Waals surface area (Å²) >= 11 is 6.29. The van der Waals surface area contributed by atoms with Crippen LogP contribution in [0.5, 0.6) is 0 Å². The van der Waals surface area contributed by atoms with Crippen molar-refractivity contribution in [2.24, 2.45) is 0 Å². The molecule has 0 bridgehead atoms. The number of halogens is 1. The average Bonchev–Trinajstić information content (AvgIpc) is 2.85. The second-order valence-electron chi connectivity index (χ2n) is 10.1. The predicted molar refractivity (Wildman–Crippen MR) is 145 cm³/mol. The van der Waals surface area contributed by atoms with E-state index in [2.05, 4.69) is 16.3 Å². The Hall–Kier alpha value is -3.16. The van der Waals surface area contributed by atoms with E-state index in [1.165, 1.54) is 0 Å². The van der Waals surface area contributed by atoms with Crippen LogP contribution in [0.25, 0.3) is 11.4 Å². The number of nitrogens with one attached hydrogen (secondary N) is 1. The van der Waals surface area contributed by atoms with Gasteiger partial charge in [-0.15, -0.1) is 0 Å². The van der Waals surface area contributed by atoms with Crippen LogP contribution in [0.3, 0.4) is 0 Å². The highest BCUT2D eigenvalue weighted by atomic mass is 35.5. The van der Waals surface area contributed by atoms with Gasteiger partial charge in [-0.05, 0) is 38.5 Å². The van der Waals surface area contributed by atoms with Crippen LogP contribution in [0.1, 0.15) is 37.6 Å². The number of benzene rings is 2. The summed E-state index contributed by atoms with van der Waals surface area (Å²) in [5, 5.41) is 3.76. The van der Waals surface area contributed by atoms with Crippen LogP contribution in [0, 0.1) is 0 Å². The summed E-state index contributed by atoms with van der Waals surface area (Å²) in [7, 11) is 1.68. The number of hydrogen-bond acceptors (Lipinski definition) is 5.